The molecule has 37 heavy (non-hydrogen) atoms. The zero-order valence-corrected chi connectivity index (χ0v) is 21.5. The Labute approximate surface area is 215 Å². The number of carbonyl (C=O) groups is 1. The highest BCUT2D eigenvalue weighted by Gasteiger charge is 2.46. The van der Waals surface area contributed by atoms with Gasteiger partial charge in [0.25, 0.3) is 0 Å². The number of alkyl carbamates (subject to hydrolysis) is 1. The second-order valence-corrected chi connectivity index (χ2v) is 10.4. The van der Waals surface area contributed by atoms with Crippen molar-refractivity contribution in [1.29, 1.82) is 0 Å². The molecule has 0 fully saturated rings. The van der Waals surface area contributed by atoms with Gasteiger partial charge in [-0.15, -0.1) is 0 Å². The third-order valence-electron chi connectivity index (χ3n) is 5.16. The van der Waals surface area contributed by atoms with Crippen LogP contribution in [-0.4, -0.2) is 37.7 Å². The number of methoxy groups -OCH3 is 1. The summed E-state index contributed by atoms with van der Waals surface area (Å²) in [5.74, 6) is -0.119. The van der Waals surface area contributed by atoms with Crippen LogP contribution in [0.4, 0.5) is 9.18 Å². The normalized spacial score (nSPS) is 15.6. The zero-order chi connectivity index (χ0) is 26.7. The van der Waals surface area contributed by atoms with Gasteiger partial charge in [-0.3, -0.25) is 4.68 Å². The highest BCUT2D eigenvalue weighted by molar-refractivity contribution is 7.83. The molecule has 4 rings (SSSR count). The fourth-order valence-corrected chi connectivity index (χ4v) is 4.61. The van der Waals surface area contributed by atoms with Crippen molar-refractivity contribution >= 4 is 17.1 Å². The third-order valence-corrected chi connectivity index (χ3v) is 6.33. The summed E-state index contributed by atoms with van der Waals surface area (Å²) < 4.78 is 41.7. The first-order chi connectivity index (χ1) is 17.5. The van der Waals surface area contributed by atoms with Crippen molar-refractivity contribution in [3.63, 3.8) is 0 Å². The van der Waals surface area contributed by atoms with Crippen LogP contribution in [0.2, 0.25) is 0 Å². The quantitative estimate of drug-likeness (QED) is 0.455. The Kier molecular flexibility index (Phi) is 7.55. The number of rotatable bonds is 8. The summed E-state index contributed by atoms with van der Waals surface area (Å²) >= 11 is 0. The molecular formula is C24H27FN5O6S+. The first-order valence-corrected chi connectivity index (χ1v) is 12.5. The molecule has 0 radical (unpaired) electrons. The molecule has 2 heterocycles. The molecule has 1 aliphatic rings. The van der Waals surface area contributed by atoms with Crippen molar-refractivity contribution in [2.24, 2.45) is 0 Å². The Morgan fingerprint density at radius 3 is 2.73 bits per heavy atom. The standard InChI is InChI=1S/C24H26FN5O6S/c1-24(2,3)35-23(31)26-13-16-9-10-29(27-16)14-15-11-18(34-4)21-19(12-15)36-30(32)22(21)28-37(33)20-8-6-5-7-17(20)25/h5-12,22,28H,13-14H2,1-4H3/p+1. The third kappa shape index (κ3) is 6.30. The maximum Gasteiger partial charge on any atom is 0.407 e. The Morgan fingerprint density at radius 2 is 2.03 bits per heavy atom. The molecule has 3 aromatic rings. The van der Waals surface area contributed by atoms with Crippen LogP contribution < -0.4 is 19.6 Å². The number of ether oxygens (including phenoxy) is 2. The number of hydrogen-bond donors (Lipinski definition) is 2. The van der Waals surface area contributed by atoms with Crippen molar-refractivity contribution in [3.8, 4) is 11.5 Å². The zero-order valence-electron chi connectivity index (χ0n) is 20.7. The average Bonchev–Trinajstić information content (AvgIpc) is 3.40. The van der Waals surface area contributed by atoms with E-state index in [0.29, 0.717) is 23.6 Å². The van der Waals surface area contributed by atoms with E-state index >= 15 is 0 Å². The maximum absolute atomic E-state index is 14.1. The number of nitrogens with zero attached hydrogens (tertiary/aromatic N) is 3. The molecule has 1 amide bonds. The summed E-state index contributed by atoms with van der Waals surface area (Å²) in [5.41, 5.74) is 1.09. The van der Waals surface area contributed by atoms with Gasteiger partial charge in [0.2, 0.25) is 10.7 Å². The first kappa shape index (κ1) is 26.2. The lowest BCUT2D eigenvalue weighted by atomic mass is 10.1. The highest BCUT2D eigenvalue weighted by atomic mass is 32.2. The Bertz CT molecular complexity index is 1360. The van der Waals surface area contributed by atoms with Crippen LogP contribution in [0.25, 0.3) is 0 Å². The summed E-state index contributed by atoms with van der Waals surface area (Å²) in [6.45, 7) is 5.85. The molecule has 0 bridgehead atoms. The molecule has 11 nitrogen and oxygen atoms in total. The van der Waals surface area contributed by atoms with Gasteiger partial charge < -0.3 is 14.8 Å². The number of carbonyl (C=O) groups excluding carboxylic acids is 1. The SMILES string of the molecule is COc1cc(Cn2ccc(CNC(=O)OC(C)(C)C)n2)cc2c1C(NS(=O)c1ccccc1F)[N+](=O)O2. The van der Waals surface area contributed by atoms with Gasteiger partial charge in [-0.2, -0.15) is 14.7 Å². The number of fused-ring (bicyclic) bond motifs is 1. The molecule has 2 N–H and O–H groups in total. The molecule has 2 aromatic carbocycles. The molecule has 0 saturated carbocycles. The van der Waals surface area contributed by atoms with Gasteiger partial charge in [-0.05, 0) is 56.7 Å². The molecule has 1 aliphatic heterocycles. The molecule has 13 heteroatoms. The largest absolute Gasteiger partial charge is 0.496 e. The van der Waals surface area contributed by atoms with Gasteiger partial charge in [-0.1, -0.05) is 12.1 Å². The van der Waals surface area contributed by atoms with Gasteiger partial charge in [0.05, 0.1) is 35.7 Å². The fraction of sp³-hybridized carbons (Fsp3) is 0.333. The van der Waals surface area contributed by atoms with E-state index in [1.165, 1.54) is 25.3 Å². The smallest absolute Gasteiger partial charge is 0.407 e. The molecule has 0 saturated heterocycles. The summed E-state index contributed by atoms with van der Waals surface area (Å²) in [5, 5.41) is 7.09. The Balaban J connectivity index is 1.47. The van der Waals surface area contributed by atoms with Crippen LogP contribution in [0, 0.1) is 10.7 Å². The van der Waals surface area contributed by atoms with Crippen LogP contribution >= 0.6 is 0 Å². The van der Waals surface area contributed by atoms with Gasteiger partial charge in [0.1, 0.15) is 33.7 Å². The van der Waals surface area contributed by atoms with Crippen LogP contribution in [0.1, 0.15) is 43.8 Å². The molecule has 0 aliphatic carbocycles. The Morgan fingerprint density at radius 1 is 1.27 bits per heavy atom. The predicted molar refractivity (Wildman–Crippen MR) is 130 cm³/mol. The first-order valence-electron chi connectivity index (χ1n) is 11.3. The molecular weight excluding hydrogens is 505 g/mol. The van der Waals surface area contributed by atoms with E-state index in [9.17, 15) is 18.3 Å². The lowest BCUT2D eigenvalue weighted by Crippen LogP contribution is -2.32. The fourth-order valence-electron chi connectivity index (χ4n) is 3.63. The van der Waals surface area contributed by atoms with Gasteiger partial charge in [0, 0.05) is 6.20 Å². The second kappa shape index (κ2) is 10.6. The van der Waals surface area contributed by atoms with Gasteiger partial charge in [-0.25, -0.2) is 13.4 Å². The number of aromatic nitrogens is 2. The lowest BCUT2D eigenvalue weighted by molar-refractivity contribution is -0.781. The molecule has 2 atom stereocenters. The minimum atomic E-state index is -2.02. The minimum Gasteiger partial charge on any atom is -0.496 e. The average molecular weight is 533 g/mol. The van der Waals surface area contributed by atoms with Crippen molar-refractivity contribution < 1.29 is 32.6 Å². The predicted octanol–water partition coefficient (Wildman–Crippen LogP) is 3.50. The monoisotopic (exact) mass is 532 g/mol. The summed E-state index contributed by atoms with van der Waals surface area (Å²) in [4.78, 5) is 29.9. The highest BCUT2D eigenvalue weighted by Crippen LogP contribution is 2.41. The van der Waals surface area contributed by atoms with Crippen molar-refractivity contribution in [2.75, 3.05) is 7.11 Å². The van der Waals surface area contributed by atoms with Crippen molar-refractivity contribution in [1.82, 2.24) is 19.8 Å². The maximum atomic E-state index is 14.1. The van der Waals surface area contributed by atoms with Gasteiger partial charge >= 0.3 is 12.3 Å². The van der Waals surface area contributed by atoms with E-state index in [0.717, 1.165) is 5.56 Å². The van der Waals surface area contributed by atoms with E-state index < -0.39 is 34.7 Å². The number of nitrogens with one attached hydrogen (secondary N) is 2. The van der Waals surface area contributed by atoms with E-state index in [1.54, 1.807) is 55.9 Å². The van der Waals surface area contributed by atoms with Crippen LogP contribution in [0.3, 0.4) is 0 Å². The minimum absolute atomic E-state index is 0.0874. The van der Waals surface area contributed by atoms with E-state index in [1.807, 2.05) is 0 Å². The topological polar surface area (TPSA) is 124 Å². The lowest BCUT2D eigenvalue weighted by Gasteiger charge is -2.19. The number of halogens is 1. The van der Waals surface area contributed by atoms with E-state index in [2.05, 4.69) is 15.1 Å². The van der Waals surface area contributed by atoms with E-state index in [4.69, 9.17) is 14.3 Å². The number of amides is 1. The summed E-state index contributed by atoms with van der Waals surface area (Å²) in [7, 11) is -0.587. The molecule has 0 spiro atoms. The summed E-state index contributed by atoms with van der Waals surface area (Å²) in [6, 6.07) is 10.7. The number of benzene rings is 2. The molecule has 196 valence electrons. The summed E-state index contributed by atoms with van der Waals surface area (Å²) in [6.07, 6.45) is 0.0209. The number of hydrogen-bond acceptors (Lipinski definition) is 7. The van der Waals surface area contributed by atoms with Crippen LogP contribution in [0.15, 0.2) is 53.6 Å². The van der Waals surface area contributed by atoms with E-state index in [-0.39, 0.29) is 22.1 Å². The Hall–Kier alpha value is -3.84. The second-order valence-electron chi connectivity index (χ2n) is 9.17. The van der Waals surface area contributed by atoms with Crippen LogP contribution in [-0.2, 0) is 28.8 Å². The molecule has 2 unspecified atom stereocenters. The van der Waals surface area contributed by atoms with Crippen molar-refractivity contribution in [3.05, 3.63) is 76.2 Å². The van der Waals surface area contributed by atoms with Gasteiger partial charge in [0.15, 0.2) is 0 Å². The van der Waals surface area contributed by atoms with Crippen LogP contribution in [0.5, 0.6) is 11.5 Å². The molecule has 1 aromatic heterocycles. The van der Waals surface area contributed by atoms with Crippen molar-refractivity contribution in [2.45, 2.75) is 50.5 Å².